The molecule has 0 radical (unpaired) electrons. The second kappa shape index (κ2) is 9.84. The SMILES string of the molecule is CN=C(NCC(O)c1cc2ccccc2s1)NCC(C)(C)SC.I. The van der Waals surface area contributed by atoms with Crippen LogP contribution in [-0.4, -0.2) is 42.2 Å². The van der Waals surface area contributed by atoms with Gasteiger partial charge in [0, 0.05) is 34.5 Å². The first-order chi connectivity index (χ1) is 10.9. The molecular weight excluding hydrogens is 453 g/mol. The lowest BCUT2D eigenvalue weighted by atomic mass is 10.2. The van der Waals surface area contributed by atoms with Crippen molar-refractivity contribution >= 4 is 63.1 Å². The maximum atomic E-state index is 10.4. The molecule has 0 aliphatic heterocycles. The second-order valence-electron chi connectivity index (χ2n) is 5.97. The fraction of sp³-hybridized carbons (Fsp3) is 0.471. The summed E-state index contributed by atoms with van der Waals surface area (Å²) in [6.45, 7) is 5.62. The number of hydrogen-bond donors (Lipinski definition) is 3. The number of guanidine groups is 1. The highest BCUT2D eigenvalue weighted by molar-refractivity contribution is 14.0. The van der Waals surface area contributed by atoms with E-state index in [0.717, 1.165) is 11.4 Å². The summed E-state index contributed by atoms with van der Waals surface area (Å²) in [4.78, 5) is 5.18. The molecule has 0 amide bonds. The summed E-state index contributed by atoms with van der Waals surface area (Å²) >= 11 is 3.44. The zero-order valence-electron chi connectivity index (χ0n) is 14.5. The molecule has 0 saturated carbocycles. The van der Waals surface area contributed by atoms with Gasteiger partial charge >= 0.3 is 0 Å². The molecule has 0 fully saturated rings. The topological polar surface area (TPSA) is 56.7 Å². The number of nitrogens with one attached hydrogen (secondary N) is 2. The van der Waals surface area contributed by atoms with Gasteiger partial charge in [-0.2, -0.15) is 11.8 Å². The van der Waals surface area contributed by atoms with Crippen LogP contribution in [0.1, 0.15) is 24.8 Å². The van der Waals surface area contributed by atoms with Crippen LogP contribution in [0.25, 0.3) is 10.1 Å². The standard InChI is InChI=1S/C17H25N3OS2.HI/c1-17(2,22-4)11-20-16(18-3)19-10-13(21)15-9-12-7-5-6-8-14(12)23-15;/h5-9,13,21H,10-11H2,1-4H3,(H2,18,19,20);1H. The number of nitrogens with zero attached hydrogens (tertiary/aromatic N) is 1. The summed E-state index contributed by atoms with van der Waals surface area (Å²) in [6.07, 6.45) is 1.56. The lowest BCUT2D eigenvalue weighted by molar-refractivity contribution is 0.184. The van der Waals surface area contributed by atoms with E-state index in [4.69, 9.17) is 0 Å². The summed E-state index contributed by atoms with van der Waals surface area (Å²) in [5, 5.41) is 18.1. The van der Waals surface area contributed by atoms with Crippen LogP contribution >= 0.6 is 47.1 Å². The molecule has 1 aromatic heterocycles. The molecule has 1 heterocycles. The molecule has 0 aliphatic rings. The number of thioether (sulfide) groups is 1. The highest BCUT2D eigenvalue weighted by Crippen LogP contribution is 2.29. The van der Waals surface area contributed by atoms with Crippen LogP contribution in [0.4, 0.5) is 0 Å². The molecule has 134 valence electrons. The fourth-order valence-corrected chi connectivity index (χ4v) is 3.32. The Morgan fingerprint density at radius 2 is 2.04 bits per heavy atom. The van der Waals surface area contributed by atoms with Crippen LogP contribution in [0.5, 0.6) is 0 Å². The van der Waals surface area contributed by atoms with Crippen molar-refractivity contribution in [2.24, 2.45) is 4.99 Å². The second-order valence-corrected chi connectivity index (χ2v) is 8.60. The van der Waals surface area contributed by atoms with Gasteiger partial charge in [0.15, 0.2) is 5.96 Å². The summed E-state index contributed by atoms with van der Waals surface area (Å²) < 4.78 is 1.34. The van der Waals surface area contributed by atoms with Gasteiger partial charge in [0.1, 0.15) is 6.10 Å². The predicted molar refractivity (Wildman–Crippen MR) is 119 cm³/mol. The van der Waals surface area contributed by atoms with E-state index in [1.807, 2.05) is 23.9 Å². The number of aliphatic imine (C=N–C) groups is 1. The van der Waals surface area contributed by atoms with Crippen molar-refractivity contribution in [2.45, 2.75) is 24.7 Å². The minimum absolute atomic E-state index is 0. The van der Waals surface area contributed by atoms with Gasteiger partial charge in [0.2, 0.25) is 0 Å². The van der Waals surface area contributed by atoms with E-state index in [1.165, 1.54) is 10.1 Å². The number of rotatable bonds is 6. The van der Waals surface area contributed by atoms with Gasteiger partial charge in [-0.1, -0.05) is 18.2 Å². The van der Waals surface area contributed by atoms with E-state index >= 15 is 0 Å². The van der Waals surface area contributed by atoms with Gasteiger partial charge in [-0.05, 0) is 37.6 Å². The van der Waals surface area contributed by atoms with Gasteiger partial charge in [-0.3, -0.25) is 4.99 Å². The van der Waals surface area contributed by atoms with E-state index in [0.29, 0.717) is 12.5 Å². The van der Waals surface area contributed by atoms with Crippen LogP contribution in [0.2, 0.25) is 0 Å². The number of benzene rings is 1. The third-order valence-electron chi connectivity index (χ3n) is 3.69. The molecule has 0 saturated heterocycles. The van der Waals surface area contributed by atoms with E-state index in [9.17, 15) is 5.11 Å². The third kappa shape index (κ3) is 6.09. The smallest absolute Gasteiger partial charge is 0.191 e. The Bertz CT molecular complexity index is 640. The molecule has 0 aliphatic carbocycles. The predicted octanol–water partition coefficient (Wildman–Crippen LogP) is 3.86. The van der Waals surface area contributed by atoms with Gasteiger partial charge in [0.05, 0.1) is 0 Å². The normalized spacial score (nSPS) is 13.5. The van der Waals surface area contributed by atoms with Crippen molar-refractivity contribution in [2.75, 3.05) is 26.4 Å². The van der Waals surface area contributed by atoms with Gasteiger partial charge in [-0.15, -0.1) is 35.3 Å². The molecule has 3 N–H and O–H groups in total. The number of aliphatic hydroxyl groups is 1. The average Bonchev–Trinajstić information content (AvgIpc) is 2.99. The monoisotopic (exact) mass is 479 g/mol. The first kappa shape index (κ1) is 21.5. The molecule has 4 nitrogen and oxygen atoms in total. The Morgan fingerprint density at radius 1 is 1.33 bits per heavy atom. The number of thiophene rings is 1. The quantitative estimate of drug-likeness (QED) is 0.335. The highest BCUT2D eigenvalue weighted by Gasteiger charge is 2.17. The van der Waals surface area contributed by atoms with Crippen molar-refractivity contribution in [3.05, 3.63) is 35.2 Å². The first-order valence-corrected chi connectivity index (χ1v) is 9.65. The van der Waals surface area contributed by atoms with Gasteiger partial charge < -0.3 is 15.7 Å². The Balaban J connectivity index is 0.00000288. The molecule has 0 bridgehead atoms. The molecule has 2 aromatic rings. The maximum absolute atomic E-state index is 10.4. The van der Waals surface area contributed by atoms with Crippen LogP contribution in [0.15, 0.2) is 35.3 Å². The van der Waals surface area contributed by atoms with E-state index in [-0.39, 0.29) is 28.7 Å². The Kier molecular flexibility index (Phi) is 8.83. The van der Waals surface area contributed by atoms with Crippen LogP contribution < -0.4 is 10.6 Å². The zero-order chi connectivity index (χ0) is 16.9. The third-order valence-corrected chi connectivity index (χ3v) is 6.16. The number of halogens is 1. The molecule has 2 rings (SSSR count). The van der Waals surface area contributed by atoms with Gasteiger partial charge in [-0.25, -0.2) is 0 Å². The molecule has 24 heavy (non-hydrogen) atoms. The number of aliphatic hydroxyl groups excluding tert-OH is 1. The van der Waals surface area contributed by atoms with Crippen molar-refractivity contribution in [1.29, 1.82) is 0 Å². The largest absolute Gasteiger partial charge is 0.386 e. The molecule has 1 unspecified atom stereocenters. The summed E-state index contributed by atoms with van der Waals surface area (Å²) in [7, 11) is 1.74. The minimum atomic E-state index is -0.542. The average molecular weight is 479 g/mol. The molecule has 1 aromatic carbocycles. The van der Waals surface area contributed by atoms with Crippen molar-refractivity contribution in [3.8, 4) is 0 Å². The zero-order valence-corrected chi connectivity index (χ0v) is 18.5. The van der Waals surface area contributed by atoms with E-state index in [1.54, 1.807) is 18.4 Å². The number of fused-ring (bicyclic) bond motifs is 1. The lowest BCUT2D eigenvalue weighted by Gasteiger charge is -2.24. The fourth-order valence-electron chi connectivity index (χ4n) is 2.05. The van der Waals surface area contributed by atoms with Gasteiger partial charge in [0.25, 0.3) is 0 Å². The van der Waals surface area contributed by atoms with Crippen LogP contribution in [0.3, 0.4) is 0 Å². The molecule has 0 spiro atoms. The first-order valence-electron chi connectivity index (χ1n) is 7.61. The molecule has 1 atom stereocenters. The summed E-state index contributed by atoms with van der Waals surface area (Å²) in [5.41, 5.74) is 0. The van der Waals surface area contributed by atoms with Crippen LogP contribution in [-0.2, 0) is 0 Å². The molecule has 7 heteroatoms. The Morgan fingerprint density at radius 3 is 2.67 bits per heavy atom. The van der Waals surface area contributed by atoms with Crippen molar-refractivity contribution < 1.29 is 5.11 Å². The summed E-state index contributed by atoms with van der Waals surface area (Å²) in [5.74, 6) is 0.715. The van der Waals surface area contributed by atoms with E-state index in [2.05, 4.69) is 53.9 Å². The maximum Gasteiger partial charge on any atom is 0.191 e. The van der Waals surface area contributed by atoms with E-state index < -0.39 is 6.10 Å². The Labute approximate surface area is 169 Å². The van der Waals surface area contributed by atoms with Crippen LogP contribution in [0, 0.1) is 0 Å². The Hall–Kier alpha value is -0.510. The highest BCUT2D eigenvalue weighted by atomic mass is 127. The lowest BCUT2D eigenvalue weighted by Crippen LogP contribution is -2.44. The molecular formula is C17H26IN3OS2. The number of hydrogen-bond acceptors (Lipinski definition) is 4. The van der Waals surface area contributed by atoms with Crippen molar-refractivity contribution in [3.63, 3.8) is 0 Å². The minimum Gasteiger partial charge on any atom is -0.386 e. The van der Waals surface area contributed by atoms with Crippen molar-refractivity contribution in [1.82, 2.24) is 10.6 Å². The summed E-state index contributed by atoms with van der Waals surface area (Å²) in [6, 6.07) is 10.2.